The van der Waals surface area contributed by atoms with Gasteiger partial charge in [-0.25, -0.2) is 0 Å². The highest BCUT2D eigenvalue weighted by molar-refractivity contribution is 7.24. The fourth-order valence-electron chi connectivity index (χ4n) is 15.5. The molecule has 7 heteroatoms. The molecule has 5 nitrogen and oxygen atoms in total. The van der Waals surface area contributed by atoms with Crippen molar-refractivity contribution in [3.63, 3.8) is 0 Å². The van der Waals surface area contributed by atoms with E-state index in [-0.39, 0.29) is 0 Å². The second-order valence-electron chi connectivity index (χ2n) is 19.4. The van der Waals surface area contributed by atoms with Crippen LogP contribution >= 0.6 is 0 Å². The van der Waals surface area contributed by atoms with Crippen LogP contribution in [-0.4, -0.2) is 25.3 Å². The number of fused-ring (bicyclic) bond motifs is 16. The Morgan fingerprint density at radius 3 is 1.58 bits per heavy atom. The Kier molecular flexibility index (Phi) is 4.96. The van der Waals surface area contributed by atoms with Gasteiger partial charge in [0.25, 0.3) is 17.3 Å². The van der Waals surface area contributed by atoms with Crippen LogP contribution in [0, 0.1) is 0 Å². The van der Waals surface area contributed by atoms with Crippen LogP contribution in [0.1, 0.15) is 11.1 Å². The lowest BCUT2D eigenvalue weighted by Gasteiger charge is -2.45. The lowest BCUT2D eigenvalue weighted by Crippen LogP contribution is -2.84. The van der Waals surface area contributed by atoms with Crippen molar-refractivity contribution in [2.45, 2.75) is 5.66 Å². The zero-order chi connectivity index (χ0) is 42.2. The average Bonchev–Trinajstić information content (AvgIpc) is 4.09. The van der Waals surface area contributed by atoms with E-state index in [2.05, 4.69) is 213 Å². The molecule has 300 valence electrons. The van der Waals surface area contributed by atoms with Crippen LogP contribution in [0.4, 0.5) is 0 Å². The van der Waals surface area contributed by atoms with Crippen molar-refractivity contribution in [2.24, 2.45) is 0 Å². The fraction of sp³-hybridized carbons (Fsp3) is 0.0169. The third-order valence-corrected chi connectivity index (χ3v) is 27.1. The molecule has 8 aromatic carbocycles. The number of rotatable bonds is 0. The summed E-state index contributed by atoms with van der Waals surface area (Å²) in [6.45, 7) is 0. The summed E-state index contributed by atoms with van der Waals surface area (Å²) >= 11 is 0. The van der Waals surface area contributed by atoms with Crippen molar-refractivity contribution >= 4 is 101 Å². The van der Waals surface area contributed by atoms with Crippen molar-refractivity contribution in [1.29, 1.82) is 0 Å². The summed E-state index contributed by atoms with van der Waals surface area (Å²) in [4.78, 5) is 0. The van der Waals surface area contributed by atoms with Gasteiger partial charge in [0.15, 0.2) is 21.7 Å². The first-order valence-electron chi connectivity index (χ1n) is 23.2. The zero-order valence-electron chi connectivity index (χ0n) is 35.2. The highest BCUT2D eigenvalue weighted by Gasteiger charge is 2.70. The average molecular weight is 869 g/mol. The number of hydrogen-bond acceptors (Lipinski definition) is 1. The first-order chi connectivity index (χ1) is 32.8. The number of benzene rings is 8. The molecule has 1 atom stereocenters. The van der Waals surface area contributed by atoms with Gasteiger partial charge in [-0.1, -0.05) is 133 Å². The van der Waals surface area contributed by atoms with Crippen LogP contribution in [0.2, 0.25) is 0 Å². The molecule has 0 saturated carbocycles. The summed E-state index contributed by atoms with van der Waals surface area (Å²) in [6.07, 6.45) is 2.38. The zero-order valence-corrected chi connectivity index (χ0v) is 37.2. The first kappa shape index (κ1) is 32.5. The molecule has 19 rings (SSSR count). The van der Waals surface area contributed by atoms with Crippen molar-refractivity contribution in [2.75, 3.05) is 0 Å². The van der Waals surface area contributed by atoms with Gasteiger partial charge in [0.05, 0.1) is 17.1 Å². The molecule has 66 heavy (non-hydrogen) atoms. The number of nitrogens with zero attached hydrogens (tertiary/aromatic N) is 4. The highest BCUT2D eigenvalue weighted by atomic mass is 28.3. The quantitative estimate of drug-likeness (QED) is 0.140. The molecular formula is C59H32N4OSi2+2. The van der Waals surface area contributed by atoms with Crippen LogP contribution < -0.4 is 55.4 Å². The Bertz CT molecular complexity index is 4100. The highest BCUT2D eigenvalue weighted by Crippen LogP contribution is 2.54. The normalized spacial score (nSPS) is 18.1. The van der Waals surface area contributed by atoms with Crippen LogP contribution in [0.5, 0.6) is 11.6 Å². The predicted octanol–water partition coefficient (Wildman–Crippen LogP) is 5.83. The Morgan fingerprint density at radius 1 is 0.409 bits per heavy atom. The SMILES string of the molecule is c1ccc2c(c1)-c1ccccc1[Si]21c2ccc3[n+]4c2-n2c5c(cccc5c5cccc1c52)C41c2c(ccc4c2-n2c5c(cccc5c5ccc[n+]1c52)[Si]41c2ccccc2-c2ccccc21)O3. The van der Waals surface area contributed by atoms with E-state index >= 15 is 0 Å². The molecule has 7 aliphatic heterocycles. The second-order valence-corrected chi connectivity index (χ2v) is 26.7. The van der Waals surface area contributed by atoms with Gasteiger partial charge in [-0.3, -0.25) is 0 Å². The van der Waals surface area contributed by atoms with Crippen molar-refractivity contribution in [1.82, 2.24) is 9.13 Å². The van der Waals surface area contributed by atoms with E-state index in [9.17, 15) is 0 Å². The Balaban J connectivity index is 1.09. The minimum atomic E-state index is -2.94. The predicted molar refractivity (Wildman–Crippen MR) is 266 cm³/mol. The summed E-state index contributed by atoms with van der Waals surface area (Å²) < 4.78 is 18.2. The number of aromatic nitrogens is 4. The maximum atomic E-state index is 7.55. The number of para-hydroxylation sites is 3. The molecule has 0 aliphatic carbocycles. The van der Waals surface area contributed by atoms with Crippen LogP contribution in [0.25, 0.3) is 77.5 Å². The van der Waals surface area contributed by atoms with Gasteiger partial charge in [-0.15, -0.1) is 4.57 Å². The van der Waals surface area contributed by atoms with Crippen LogP contribution in [0.3, 0.4) is 0 Å². The third kappa shape index (κ3) is 2.88. The maximum absolute atomic E-state index is 7.55. The first-order valence-corrected chi connectivity index (χ1v) is 27.2. The molecule has 0 saturated heterocycles. The third-order valence-electron chi connectivity index (χ3n) is 17.3. The van der Waals surface area contributed by atoms with E-state index in [0.29, 0.717) is 0 Å². The molecule has 1 unspecified atom stereocenters. The molecule has 0 N–H and O–H groups in total. The van der Waals surface area contributed by atoms with E-state index in [4.69, 9.17) is 4.74 Å². The summed E-state index contributed by atoms with van der Waals surface area (Å²) in [5, 5.41) is 16.9. The summed E-state index contributed by atoms with van der Waals surface area (Å²) in [5.74, 6) is 3.03. The smallest absolute Gasteiger partial charge is 0.321 e. The van der Waals surface area contributed by atoms with Gasteiger partial charge in [0, 0.05) is 43.0 Å². The number of hydrogen-bond donors (Lipinski definition) is 0. The topological polar surface area (TPSA) is 26.8 Å². The number of pyridine rings is 2. The van der Waals surface area contributed by atoms with Gasteiger partial charge in [0.1, 0.15) is 28.0 Å². The molecule has 4 aromatic heterocycles. The van der Waals surface area contributed by atoms with Crippen LogP contribution in [-0.2, 0) is 5.66 Å². The van der Waals surface area contributed by atoms with Gasteiger partial charge < -0.3 is 4.74 Å². The van der Waals surface area contributed by atoms with Crippen molar-refractivity contribution in [3.05, 3.63) is 205 Å². The molecule has 3 spiro atoms. The Morgan fingerprint density at radius 2 is 0.924 bits per heavy atom. The minimum absolute atomic E-state index is 0.844. The van der Waals surface area contributed by atoms with E-state index in [1.807, 2.05) is 0 Å². The van der Waals surface area contributed by atoms with E-state index in [0.717, 1.165) is 11.6 Å². The summed E-state index contributed by atoms with van der Waals surface area (Å²) in [7, 11) is -5.88. The van der Waals surface area contributed by atoms with Gasteiger partial charge in [-0.05, 0) is 91.5 Å². The van der Waals surface area contributed by atoms with Gasteiger partial charge in [0.2, 0.25) is 0 Å². The van der Waals surface area contributed by atoms with E-state index < -0.39 is 21.8 Å². The van der Waals surface area contributed by atoms with E-state index in [1.54, 1.807) is 0 Å². The molecule has 0 bridgehead atoms. The van der Waals surface area contributed by atoms with Gasteiger partial charge in [-0.2, -0.15) is 13.7 Å². The molecule has 7 aliphatic rings. The minimum Gasteiger partial charge on any atom is -0.422 e. The Hall–Kier alpha value is -8.11. The Labute approximate surface area is 378 Å². The lowest BCUT2D eigenvalue weighted by atomic mass is 9.83. The van der Waals surface area contributed by atoms with E-state index in [1.165, 1.54) is 130 Å². The summed E-state index contributed by atoms with van der Waals surface area (Å²) in [5.41, 5.74) is 13.6. The van der Waals surface area contributed by atoms with Crippen molar-refractivity contribution < 1.29 is 13.9 Å². The maximum Gasteiger partial charge on any atom is 0.321 e. The largest absolute Gasteiger partial charge is 0.422 e. The molecule has 11 heterocycles. The van der Waals surface area contributed by atoms with Crippen molar-refractivity contribution in [3.8, 4) is 45.4 Å². The molecule has 0 radical (unpaired) electrons. The van der Waals surface area contributed by atoms with Gasteiger partial charge >= 0.3 is 5.66 Å². The van der Waals surface area contributed by atoms with Crippen LogP contribution in [0.15, 0.2) is 194 Å². The molecular weight excluding hydrogens is 837 g/mol. The number of ether oxygens (including phenoxy) is 1. The molecule has 12 aromatic rings. The lowest BCUT2D eigenvalue weighted by molar-refractivity contribution is -0.963. The monoisotopic (exact) mass is 868 g/mol. The standard InChI is InChI=1S/C59H32N4OSi2/c1-5-22-43-33(13-1)34-14-2-6-23-44(34)65(43)47-26-11-19-39-40-20-12-32-60-57(40)62(55(39)47)56-49(65)29-28-42-52(56)59(60)41-21-9-17-37-38-18-10-27-48-54(38)61(53(37)41)58-50(30-31-51(64-42)63(58)59)66(48)45-24-7-3-15-35(45)36-16-4-8-25-46(36)66/h1-32H/q+2. The molecule has 0 amide bonds. The second kappa shape index (κ2) is 10.1. The summed E-state index contributed by atoms with van der Waals surface area (Å²) in [6, 6.07) is 73.2. The molecule has 0 fully saturated rings. The fourth-order valence-corrected chi connectivity index (χ4v) is 26.5.